The smallest absolute Gasteiger partial charge is 0.311 e. The predicted molar refractivity (Wildman–Crippen MR) is 97.7 cm³/mol. The fourth-order valence-electron chi connectivity index (χ4n) is 2.40. The van der Waals surface area contributed by atoms with Crippen molar-refractivity contribution in [2.45, 2.75) is 6.54 Å². The van der Waals surface area contributed by atoms with Crippen molar-refractivity contribution >= 4 is 17.9 Å². The van der Waals surface area contributed by atoms with Crippen LogP contribution in [0, 0.1) is 10.1 Å². The Balaban J connectivity index is 2.08. The van der Waals surface area contributed by atoms with Gasteiger partial charge in [-0.15, -0.1) is 0 Å². The van der Waals surface area contributed by atoms with E-state index in [2.05, 4.69) is 0 Å². The Morgan fingerprint density at radius 3 is 2.59 bits per heavy atom. The first-order valence-electron chi connectivity index (χ1n) is 8.22. The van der Waals surface area contributed by atoms with Crippen LogP contribution in [0.15, 0.2) is 48.5 Å². The van der Waals surface area contributed by atoms with Gasteiger partial charge in [-0.2, -0.15) is 0 Å². The SMILES string of the molecule is COCCN(Cc1ccccc1)C(=O)COc1ccc(C=O)cc1[N+](=O)[O-]. The average Bonchev–Trinajstić information content (AvgIpc) is 2.69. The van der Waals surface area contributed by atoms with E-state index in [1.165, 1.54) is 12.1 Å². The number of aldehydes is 1. The average molecular weight is 372 g/mol. The molecule has 0 unspecified atom stereocenters. The lowest BCUT2D eigenvalue weighted by molar-refractivity contribution is -0.385. The molecular formula is C19H20N2O6. The van der Waals surface area contributed by atoms with Gasteiger partial charge < -0.3 is 14.4 Å². The van der Waals surface area contributed by atoms with Crippen molar-refractivity contribution in [2.75, 3.05) is 26.9 Å². The molecule has 0 saturated carbocycles. The number of hydrogen-bond donors (Lipinski definition) is 0. The van der Waals surface area contributed by atoms with Crippen LogP contribution in [-0.2, 0) is 16.1 Å². The number of carbonyl (C=O) groups excluding carboxylic acids is 2. The molecule has 2 rings (SSSR count). The number of nitrogens with zero attached hydrogens (tertiary/aromatic N) is 2. The maximum absolute atomic E-state index is 12.6. The van der Waals surface area contributed by atoms with E-state index in [1.807, 2.05) is 30.3 Å². The van der Waals surface area contributed by atoms with E-state index in [-0.39, 0.29) is 29.5 Å². The van der Waals surface area contributed by atoms with Gasteiger partial charge in [-0.3, -0.25) is 19.7 Å². The molecule has 0 saturated heterocycles. The number of methoxy groups -OCH3 is 1. The van der Waals surface area contributed by atoms with Crippen LogP contribution in [0.2, 0.25) is 0 Å². The lowest BCUT2D eigenvalue weighted by atomic mass is 10.2. The third-order valence-corrected chi connectivity index (χ3v) is 3.80. The Bertz CT molecular complexity index is 794. The van der Waals surface area contributed by atoms with Gasteiger partial charge in [-0.25, -0.2) is 0 Å². The van der Waals surface area contributed by atoms with Crippen molar-refractivity contribution in [1.82, 2.24) is 4.90 Å². The van der Waals surface area contributed by atoms with Crippen molar-refractivity contribution in [1.29, 1.82) is 0 Å². The highest BCUT2D eigenvalue weighted by Crippen LogP contribution is 2.27. The second-order valence-corrected chi connectivity index (χ2v) is 5.68. The lowest BCUT2D eigenvalue weighted by Crippen LogP contribution is -2.36. The van der Waals surface area contributed by atoms with E-state index in [4.69, 9.17) is 9.47 Å². The molecule has 2 aromatic rings. The highest BCUT2D eigenvalue weighted by atomic mass is 16.6. The molecule has 142 valence electrons. The van der Waals surface area contributed by atoms with Crippen molar-refractivity contribution < 1.29 is 24.0 Å². The van der Waals surface area contributed by atoms with Gasteiger partial charge in [-0.1, -0.05) is 30.3 Å². The monoisotopic (exact) mass is 372 g/mol. The Labute approximate surface area is 156 Å². The minimum Gasteiger partial charge on any atom is -0.477 e. The van der Waals surface area contributed by atoms with Crippen molar-refractivity contribution in [3.05, 3.63) is 69.8 Å². The van der Waals surface area contributed by atoms with Crippen LogP contribution in [0.3, 0.4) is 0 Å². The summed E-state index contributed by atoms with van der Waals surface area (Å²) in [6.45, 7) is 0.725. The number of nitro benzene ring substituents is 1. The molecule has 0 aliphatic rings. The molecule has 0 N–H and O–H groups in total. The summed E-state index contributed by atoms with van der Waals surface area (Å²) in [5.41, 5.74) is 0.744. The third kappa shape index (κ3) is 5.89. The van der Waals surface area contributed by atoms with Crippen LogP contribution in [0.1, 0.15) is 15.9 Å². The molecule has 0 atom stereocenters. The predicted octanol–water partition coefficient (Wildman–Crippen LogP) is 2.46. The molecule has 0 radical (unpaired) electrons. The maximum atomic E-state index is 12.6. The van der Waals surface area contributed by atoms with Gasteiger partial charge in [0.15, 0.2) is 12.4 Å². The molecule has 0 heterocycles. The van der Waals surface area contributed by atoms with E-state index < -0.39 is 4.92 Å². The van der Waals surface area contributed by atoms with Crippen LogP contribution < -0.4 is 4.74 Å². The zero-order chi connectivity index (χ0) is 19.6. The van der Waals surface area contributed by atoms with E-state index in [0.29, 0.717) is 26.0 Å². The van der Waals surface area contributed by atoms with Crippen LogP contribution >= 0.6 is 0 Å². The summed E-state index contributed by atoms with van der Waals surface area (Å²) in [6, 6.07) is 13.3. The number of ether oxygens (including phenoxy) is 2. The third-order valence-electron chi connectivity index (χ3n) is 3.80. The van der Waals surface area contributed by atoms with Gasteiger partial charge in [0, 0.05) is 31.8 Å². The van der Waals surface area contributed by atoms with Crippen LogP contribution in [-0.4, -0.2) is 48.9 Å². The molecule has 2 aromatic carbocycles. The summed E-state index contributed by atoms with van der Waals surface area (Å²) < 4.78 is 10.4. The molecule has 1 amide bonds. The van der Waals surface area contributed by atoms with Gasteiger partial charge in [0.2, 0.25) is 0 Å². The quantitative estimate of drug-likeness (QED) is 0.361. The van der Waals surface area contributed by atoms with E-state index in [0.717, 1.165) is 11.6 Å². The zero-order valence-corrected chi connectivity index (χ0v) is 14.9. The first kappa shape index (κ1) is 20.1. The number of benzene rings is 2. The standard InChI is InChI=1S/C19H20N2O6/c1-26-10-9-20(12-15-5-3-2-4-6-15)19(23)14-27-18-8-7-16(13-22)11-17(18)21(24)25/h2-8,11,13H,9-10,12,14H2,1H3. The summed E-state index contributed by atoms with van der Waals surface area (Å²) in [7, 11) is 1.54. The maximum Gasteiger partial charge on any atom is 0.311 e. The molecule has 0 fully saturated rings. The van der Waals surface area contributed by atoms with Crippen molar-refractivity contribution in [2.24, 2.45) is 0 Å². The molecule has 8 nitrogen and oxygen atoms in total. The van der Waals surface area contributed by atoms with E-state index in [9.17, 15) is 19.7 Å². The van der Waals surface area contributed by atoms with E-state index >= 15 is 0 Å². The molecule has 8 heteroatoms. The van der Waals surface area contributed by atoms with Crippen molar-refractivity contribution in [3.63, 3.8) is 0 Å². The highest BCUT2D eigenvalue weighted by molar-refractivity contribution is 5.79. The Morgan fingerprint density at radius 1 is 1.22 bits per heavy atom. The van der Waals surface area contributed by atoms with Gasteiger partial charge >= 0.3 is 5.69 Å². The number of carbonyl (C=O) groups is 2. The van der Waals surface area contributed by atoms with Gasteiger partial charge in [0.25, 0.3) is 5.91 Å². The lowest BCUT2D eigenvalue weighted by Gasteiger charge is -2.22. The molecule has 0 aliphatic carbocycles. The van der Waals surface area contributed by atoms with Crippen LogP contribution in [0.25, 0.3) is 0 Å². The molecule has 0 spiro atoms. The minimum absolute atomic E-state index is 0.0645. The first-order chi connectivity index (χ1) is 13.0. The Morgan fingerprint density at radius 2 is 1.96 bits per heavy atom. The number of hydrogen-bond acceptors (Lipinski definition) is 6. The second kappa shape index (κ2) is 10.0. The molecule has 0 aliphatic heterocycles. The second-order valence-electron chi connectivity index (χ2n) is 5.68. The Kier molecular flexibility index (Phi) is 7.45. The number of rotatable bonds is 10. The van der Waals surface area contributed by atoms with Gasteiger partial charge in [-0.05, 0) is 17.7 Å². The molecule has 0 aromatic heterocycles. The number of nitro groups is 1. The molecule has 27 heavy (non-hydrogen) atoms. The van der Waals surface area contributed by atoms with Crippen molar-refractivity contribution in [3.8, 4) is 5.75 Å². The molecular weight excluding hydrogens is 352 g/mol. The summed E-state index contributed by atoms with van der Waals surface area (Å²) in [4.78, 5) is 35.4. The topological polar surface area (TPSA) is 99.0 Å². The Hall–Kier alpha value is -3.26. The summed E-state index contributed by atoms with van der Waals surface area (Å²) in [5.74, 6) is -0.394. The summed E-state index contributed by atoms with van der Waals surface area (Å²) in [6.07, 6.45) is 0.508. The van der Waals surface area contributed by atoms with Gasteiger partial charge in [0.1, 0.15) is 6.29 Å². The molecule has 0 bridgehead atoms. The summed E-state index contributed by atoms with van der Waals surface area (Å²) >= 11 is 0. The van der Waals surface area contributed by atoms with Gasteiger partial charge in [0.05, 0.1) is 11.5 Å². The highest BCUT2D eigenvalue weighted by Gasteiger charge is 2.19. The van der Waals surface area contributed by atoms with Crippen LogP contribution in [0.5, 0.6) is 5.75 Å². The minimum atomic E-state index is -0.653. The first-order valence-corrected chi connectivity index (χ1v) is 8.22. The van der Waals surface area contributed by atoms with E-state index in [1.54, 1.807) is 12.0 Å². The normalized spacial score (nSPS) is 10.3. The number of amides is 1. The van der Waals surface area contributed by atoms with Crippen LogP contribution in [0.4, 0.5) is 5.69 Å². The summed E-state index contributed by atoms with van der Waals surface area (Å²) in [5, 5.41) is 11.1. The fourth-order valence-corrected chi connectivity index (χ4v) is 2.40. The largest absolute Gasteiger partial charge is 0.477 e. The zero-order valence-electron chi connectivity index (χ0n) is 14.9. The fraction of sp³-hybridized carbons (Fsp3) is 0.263.